The fourth-order valence-corrected chi connectivity index (χ4v) is 3.26. The quantitative estimate of drug-likeness (QED) is 0.371. The Kier molecular flexibility index (Phi) is 3.73. The number of aliphatic hydroxyl groups excluding tert-OH is 1. The lowest BCUT2D eigenvalue weighted by molar-refractivity contribution is 0.135. The molecule has 0 aliphatic heterocycles. The molecule has 1 aliphatic rings. The first kappa shape index (κ1) is 15.4. The average Bonchev–Trinajstić information content (AvgIpc) is 2.53. The van der Waals surface area contributed by atoms with Gasteiger partial charge in [0, 0.05) is 18.4 Å². The van der Waals surface area contributed by atoms with Crippen molar-refractivity contribution in [1.82, 2.24) is 0 Å². The first-order valence-electron chi connectivity index (χ1n) is 7.30. The topological polar surface area (TPSA) is 110 Å². The standard InChI is InChI=1S/C16H16BNO5/c17-16-10-4-8(7-1-2-12(19)14(21)3-7)13(20)5-9(10)11(18-23)6-15(16)22/h1-3,6,8,13,19-22H,4-5,17H2. The predicted molar refractivity (Wildman–Crippen MR) is 87.7 cm³/mol. The molecule has 0 heterocycles. The highest BCUT2D eigenvalue weighted by molar-refractivity contribution is 6.35. The van der Waals surface area contributed by atoms with Crippen LogP contribution in [0.1, 0.15) is 22.6 Å². The van der Waals surface area contributed by atoms with Gasteiger partial charge in [-0.25, -0.2) is 0 Å². The number of phenols is 3. The molecule has 0 radical (unpaired) electrons. The van der Waals surface area contributed by atoms with Gasteiger partial charge in [-0.05, 0) is 45.9 Å². The summed E-state index contributed by atoms with van der Waals surface area (Å²) in [6.45, 7) is 0. The minimum atomic E-state index is -0.754. The summed E-state index contributed by atoms with van der Waals surface area (Å²) in [5.74, 6) is -0.778. The Morgan fingerprint density at radius 2 is 1.74 bits per heavy atom. The summed E-state index contributed by atoms with van der Waals surface area (Å²) in [4.78, 5) is 11.0. The van der Waals surface area contributed by atoms with Gasteiger partial charge in [-0.2, -0.15) is 0 Å². The van der Waals surface area contributed by atoms with Gasteiger partial charge in [-0.15, -0.1) is 4.91 Å². The molecule has 1 aliphatic carbocycles. The van der Waals surface area contributed by atoms with Crippen LogP contribution >= 0.6 is 0 Å². The van der Waals surface area contributed by atoms with E-state index in [1.807, 2.05) is 0 Å². The van der Waals surface area contributed by atoms with Gasteiger partial charge < -0.3 is 20.4 Å². The van der Waals surface area contributed by atoms with Crippen LogP contribution in [-0.2, 0) is 12.8 Å². The number of hydrogen-bond acceptors (Lipinski definition) is 6. The zero-order valence-corrected chi connectivity index (χ0v) is 12.5. The van der Waals surface area contributed by atoms with Crippen molar-refractivity contribution in [1.29, 1.82) is 0 Å². The lowest BCUT2D eigenvalue weighted by Gasteiger charge is -2.32. The predicted octanol–water partition coefficient (Wildman–Crippen LogP) is 0.703. The Morgan fingerprint density at radius 3 is 2.39 bits per heavy atom. The number of fused-ring (bicyclic) bond motifs is 1. The Hall–Kier alpha value is -2.54. The van der Waals surface area contributed by atoms with Gasteiger partial charge in [0.1, 0.15) is 19.3 Å². The van der Waals surface area contributed by atoms with Crippen LogP contribution < -0.4 is 5.46 Å². The smallest absolute Gasteiger partial charge is 0.157 e. The molecule has 4 N–H and O–H groups in total. The van der Waals surface area contributed by atoms with Crippen LogP contribution in [0.2, 0.25) is 0 Å². The molecule has 2 unspecified atom stereocenters. The first-order chi connectivity index (χ1) is 10.9. The lowest BCUT2D eigenvalue weighted by atomic mass is 9.72. The molecule has 0 saturated heterocycles. The van der Waals surface area contributed by atoms with Gasteiger partial charge in [0.15, 0.2) is 11.5 Å². The van der Waals surface area contributed by atoms with Crippen molar-refractivity contribution in [2.45, 2.75) is 24.9 Å². The highest BCUT2D eigenvalue weighted by atomic mass is 16.3. The minimum absolute atomic E-state index is 0.00189. The summed E-state index contributed by atoms with van der Waals surface area (Å²) in [5, 5.41) is 42.5. The van der Waals surface area contributed by atoms with Crippen molar-refractivity contribution < 1.29 is 20.4 Å². The SMILES string of the molecule is Bc1c(O)cc(N=O)c2c1CC(c1ccc(O)c(O)c1)C(O)C2. The van der Waals surface area contributed by atoms with Crippen LogP contribution in [0.3, 0.4) is 0 Å². The zero-order chi connectivity index (χ0) is 16.7. The summed E-state index contributed by atoms with van der Waals surface area (Å²) in [5.41, 5.74) is 2.94. The lowest BCUT2D eigenvalue weighted by Crippen LogP contribution is -2.32. The zero-order valence-electron chi connectivity index (χ0n) is 12.5. The number of rotatable bonds is 2. The second-order valence-electron chi connectivity index (χ2n) is 5.92. The Morgan fingerprint density at radius 1 is 1.00 bits per heavy atom. The summed E-state index contributed by atoms with van der Waals surface area (Å²) >= 11 is 0. The fourth-order valence-electron chi connectivity index (χ4n) is 3.26. The van der Waals surface area contributed by atoms with Crippen LogP contribution in [-0.4, -0.2) is 34.4 Å². The third-order valence-electron chi connectivity index (χ3n) is 4.61. The molecule has 0 spiro atoms. The van der Waals surface area contributed by atoms with Crippen LogP contribution in [0.15, 0.2) is 29.4 Å². The molecule has 0 fully saturated rings. The maximum absolute atomic E-state index is 11.0. The van der Waals surface area contributed by atoms with Gasteiger partial charge in [0.25, 0.3) is 0 Å². The molecule has 0 amide bonds. The van der Waals surface area contributed by atoms with Crippen LogP contribution in [0.25, 0.3) is 0 Å². The summed E-state index contributed by atoms with van der Waals surface area (Å²) in [6.07, 6.45) is -0.108. The fraction of sp³-hybridized carbons (Fsp3) is 0.250. The molecule has 6 nitrogen and oxygen atoms in total. The Bertz CT molecular complexity index is 793. The van der Waals surface area contributed by atoms with Gasteiger partial charge in [0.2, 0.25) is 0 Å². The van der Waals surface area contributed by atoms with E-state index in [-0.39, 0.29) is 35.3 Å². The number of nitroso groups, excluding NO2 is 1. The third kappa shape index (κ3) is 2.53. The molecule has 0 bridgehead atoms. The number of nitrogens with zero attached hydrogens (tertiary/aromatic N) is 1. The highest BCUT2D eigenvalue weighted by Gasteiger charge is 2.32. The Balaban J connectivity index is 2.07. The number of phenolic OH excluding ortho intramolecular Hbond substituents is 3. The second-order valence-corrected chi connectivity index (χ2v) is 5.92. The maximum Gasteiger partial charge on any atom is 0.157 e. The van der Waals surface area contributed by atoms with E-state index in [0.717, 1.165) is 5.56 Å². The number of aliphatic hydroxyl groups is 1. The van der Waals surface area contributed by atoms with Crippen LogP contribution in [0, 0.1) is 4.91 Å². The van der Waals surface area contributed by atoms with E-state index in [4.69, 9.17) is 0 Å². The molecule has 0 aromatic heterocycles. The van der Waals surface area contributed by atoms with Gasteiger partial charge in [-0.1, -0.05) is 6.07 Å². The molecular weight excluding hydrogens is 297 g/mol. The normalized spacial score (nSPS) is 20.0. The summed E-state index contributed by atoms with van der Waals surface area (Å²) < 4.78 is 0. The van der Waals surface area contributed by atoms with Crippen molar-refractivity contribution in [3.63, 3.8) is 0 Å². The first-order valence-corrected chi connectivity index (χ1v) is 7.30. The maximum atomic E-state index is 11.0. The molecular formula is C16H16BNO5. The average molecular weight is 313 g/mol. The van der Waals surface area contributed by atoms with Gasteiger partial charge in [-0.3, -0.25) is 0 Å². The largest absolute Gasteiger partial charge is 0.508 e. The van der Waals surface area contributed by atoms with Gasteiger partial charge in [0.05, 0.1) is 6.10 Å². The van der Waals surface area contributed by atoms with E-state index in [9.17, 15) is 25.3 Å². The van der Waals surface area contributed by atoms with Crippen molar-refractivity contribution in [3.05, 3.63) is 45.9 Å². The van der Waals surface area contributed by atoms with Crippen LogP contribution in [0.5, 0.6) is 17.2 Å². The number of benzene rings is 2. The van der Waals surface area contributed by atoms with Crippen molar-refractivity contribution in [3.8, 4) is 17.2 Å². The molecule has 118 valence electrons. The highest BCUT2D eigenvalue weighted by Crippen LogP contribution is 2.39. The monoisotopic (exact) mass is 313 g/mol. The summed E-state index contributed by atoms with van der Waals surface area (Å²) in [6, 6.07) is 5.76. The minimum Gasteiger partial charge on any atom is -0.508 e. The summed E-state index contributed by atoms with van der Waals surface area (Å²) in [7, 11) is 1.76. The molecule has 2 aromatic carbocycles. The molecule has 2 atom stereocenters. The third-order valence-corrected chi connectivity index (χ3v) is 4.61. The van der Waals surface area contributed by atoms with Crippen LogP contribution in [0.4, 0.5) is 5.69 Å². The molecule has 7 heteroatoms. The second kappa shape index (κ2) is 5.59. The Labute approximate surface area is 133 Å². The van der Waals surface area contributed by atoms with E-state index in [1.54, 1.807) is 13.9 Å². The van der Waals surface area contributed by atoms with Crippen molar-refractivity contribution in [2.75, 3.05) is 0 Å². The van der Waals surface area contributed by atoms with E-state index < -0.39 is 6.10 Å². The number of aromatic hydroxyl groups is 3. The molecule has 2 aromatic rings. The molecule has 0 saturated carbocycles. The van der Waals surface area contributed by atoms with E-state index in [1.165, 1.54) is 18.2 Å². The van der Waals surface area contributed by atoms with E-state index >= 15 is 0 Å². The molecule has 23 heavy (non-hydrogen) atoms. The van der Waals surface area contributed by atoms with Crippen molar-refractivity contribution >= 4 is 19.0 Å². The van der Waals surface area contributed by atoms with E-state index in [0.29, 0.717) is 23.0 Å². The van der Waals surface area contributed by atoms with Crippen molar-refractivity contribution in [2.24, 2.45) is 5.18 Å². The van der Waals surface area contributed by atoms with Gasteiger partial charge >= 0.3 is 0 Å². The molecule has 3 rings (SSSR count). The van der Waals surface area contributed by atoms with E-state index in [2.05, 4.69) is 5.18 Å². The number of hydrogen-bond donors (Lipinski definition) is 4.